The van der Waals surface area contributed by atoms with Crippen molar-refractivity contribution in [2.24, 2.45) is 0 Å². The molecule has 0 heterocycles. The molecule has 92 valence electrons. The first-order valence-electron chi connectivity index (χ1n) is 5.66. The Kier molecular flexibility index (Phi) is 10.3. The maximum absolute atomic E-state index is 5.23. The summed E-state index contributed by atoms with van der Waals surface area (Å²) < 4.78 is 10.3. The van der Waals surface area contributed by atoms with E-state index in [4.69, 9.17) is 9.47 Å². The fourth-order valence-electron chi connectivity index (χ4n) is 1.26. The summed E-state index contributed by atoms with van der Waals surface area (Å²) in [6.07, 6.45) is 1.30. The van der Waals surface area contributed by atoms with Crippen molar-refractivity contribution in [2.75, 3.05) is 40.5 Å². The van der Waals surface area contributed by atoms with Crippen LogP contribution in [0.4, 0.5) is 0 Å². The third kappa shape index (κ3) is 10.1. The van der Waals surface area contributed by atoms with Crippen molar-refractivity contribution in [3.8, 4) is 0 Å². The van der Waals surface area contributed by atoms with Gasteiger partial charge in [0.2, 0.25) is 0 Å². The van der Waals surface area contributed by atoms with Crippen LogP contribution in [0, 0.1) is 0 Å². The Labute approximate surface area is 93.7 Å². The predicted octanol–water partition coefficient (Wildman–Crippen LogP) is 0.626. The van der Waals surface area contributed by atoms with Crippen LogP contribution in [0.3, 0.4) is 0 Å². The minimum Gasteiger partial charge on any atom is -0.382 e. The summed E-state index contributed by atoms with van der Waals surface area (Å²) in [6, 6.07) is 0.574. The molecule has 0 aliphatic carbocycles. The van der Waals surface area contributed by atoms with Gasteiger partial charge in [0.15, 0.2) is 0 Å². The molecule has 0 rings (SSSR count). The first-order valence-corrected chi connectivity index (χ1v) is 5.66. The SMILES string of the molecule is COCC(CNCCCNC(C)C)OC. The Morgan fingerprint density at radius 2 is 1.87 bits per heavy atom. The zero-order valence-corrected chi connectivity index (χ0v) is 10.5. The third-order valence-corrected chi connectivity index (χ3v) is 2.14. The van der Waals surface area contributed by atoms with Crippen LogP contribution < -0.4 is 10.6 Å². The van der Waals surface area contributed by atoms with Crippen LogP contribution in [0.5, 0.6) is 0 Å². The molecule has 15 heavy (non-hydrogen) atoms. The highest BCUT2D eigenvalue weighted by atomic mass is 16.5. The summed E-state index contributed by atoms with van der Waals surface area (Å²) in [7, 11) is 3.41. The van der Waals surface area contributed by atoms with Crippen molar-refractivity contribution in [1.82, 2.24) is 10.6 Å². The van der Waals surface area contributed by atoms with Crippen LogP contribution in [0.1, 0.15) is 20.3 Å². The maximum Gasteiger partial charge on any atom is 0.0928 e. The van der Waals surface area contributed by atoms with Crippen molar-refractivity contribution in [3.05, 3.63) is 0 Å². The van der Waals surface area contributed by atoms with Crippen LogP contribution >= 0.6 is 0 Å². The van der Waals surface area contributed by atoms with E-state index in [1.54, 1.807) is 14.2 Å². The lowest BCUT2D eigenvalue weighted by Crippen LogP contribution is -2.33. The van der Waals surface area contributed by atoms with E-state index in [0.717, 1.165) is 26.1 Å². The van der Waals surface area contributed by atoms with Gasteiger partial charge in [0.25, 0.3) is 0 Å². The largest absolute Gasteiger partial charge is 0.382 e. The monoisotopic (exact) mass is 218 g/mol. The maximum atomic E-state index is 5.23. The van der Waals surface area contributed by atoms with Gasteiger partial charge in [-0.3, -0.25) is 0 Å². The Morgan fingerprint density at radius 1 is 1.13 bits per heavy atom. The lowest BCUT2D eigenvalue weighted by Gasteiger charge is -2.15. The molecular weight excluding hydrogens is 192 g/mol. The minimum atomic E-state index is 0.160. The molecule has 0 aliphatic rings. The molecule has 1 unspecified atom stereocenters. The lowest BCUT2D eigenvalue weighted by molar-refractivity contribution is 0.0290. The first-order chi connectivity index (χ1) is 7.20. The van der Waals surface area contributed by atoms with Crippen LogP contribution in [-0.2, 0) is 9.47 Å². The summed E-state index contributed by atoms with van der Waals surface area (Å²) in [5.74, 6) is 0. The standard InChI is InChI=1S/C11H26N2O2/c1-10(2)13-7-5-6-12-8-11(15-4)9-14-3/h10-13H,5-9H2,1-4H3. The Hall–Kier alpha value is -0.160. The van der Waals surface area contributed by atoms with Crippen LogP contribution in [-0.4, -0.2) is 52.6 Å². The molecule has 0 aromatic heterocycles. The van der Waals surface area contributed by atoms with Crippen LogP contribution in [0.15, 0.2) is 0 Å². The third-order valence-electron chi connectivity index (χ3n) is 2.14. The Morgan fingerprint density at radius 3 is 2.40 bits per heavy atom. The van der Waals surface area contributed by atoms with E-state index in [2.05, 4.69) is 24.5 Å². The number of nitrogens with one attached hydrogen (secondary N) is 2. The fraction of sp³-hybridized carbons (Fsp3) is 1.00. The predicted molar refractivity (Wildman–Crippen MR) is 63.3 cm³/mol. The zero-order chi connectivity index (χ0) is 11.5. The summed E-state index contributed by atoms with van der Waals surface area (Å²) in [6.45, 7) is 7.90. The second-order valence-corrected chi connectivity index (χ2v) is 3.98. The average Bonchev–Trinajstić information content (AvgIpc) is 2.21. The first kappa shape index (κ1) is 14.8. The average molecular weight is 218 g/mol. The highest BCUT2D eigenvalue weighted by Crippen LogP contribution is 1.88. The zero-order valence-electron chi connectivity index (χ0n) is 10.5. The van der Waals surface area contributed by atoms with Crippen molar-refractivity contribution in [2.45, 2.75) is 32.4 Å². The van der Waals surface area contributed by atoms with E-state index < -0.39 is 0 Å². The molecule has 0 amide bonds. The van der Waals surface area contributed by atoms with E-state index in [-0.39, 0.29) is 6.10 Å². The van der Waals surface area contributed by atoms with Crippen molar-refractivity contribution in [3.63, 3.8) is 0 Å². The van der Waals surface area contributed by atoms with Gasteiger partial charge >= 0.3 is 0 Å². The quantitative estimate of drug-likeness (QED) is 0.528. The highest BCUT2D eigenvalue weighted by molar-refractivity contribution is 4.61. The minimum absolute atomic E-state index is 0.160. The van der Waals surface area contributed by atoms with Gasteiger partial charge in [-0.1, -0.05) is 13.8 Å². The van der Waals surface area contributed by atoms with Crippen molar-refractivity contribution >= 4 is 0 Å². The Bertz CT molecular complexity index is 132. The van der Waals surface area contributed by atoms with Gasteiger partial charge in [-0.15, -0.1) is 0 Å². The molecule has 4 heteroatoms. The molecule has 0 aromatic rings. The van der Waals surface area contributed by atoms with Crippen LogP contribution in [0.25, 0.3) is 0 Å². The summed E-state index contributed by atoms with van der Waals surface area (Å²) in [5, 5.41) is 6.73. The summed E-state index contributed by atoms with van der Waals surface area (Å²) in [5.41, 5.74) is 0. The van der Waals surface area contributed by atoms with Gasteiger partial charge in [-0.2, -0.15) is 0 Å². The summed E-state index contributed by atoms with van der Waals surface area (Å²) >= 11 is 0. The van der Waals surface area contributed by atoms with E-state index in [1.807, 2.05) is 0 Å². The van der Waals surface area contributed by atoms with Gasteiger partial charge < -0.3 is 20.1 Å². The molecule has 0 radical (unpaired) electrons. The van der Waals surface area contributed by atoms with Crippen molar-refractivity contribution < 1.29 is 9.47 Å². The van der Waals surface area contributed by atoms with Gasteiger partial charge in [-0.05, 0) is 19.5 Å². The molecule has 0 spiro atoms. The van der Waals surface area contributed by atoms with Gasteiger partial charge in [0.1, 0.15) is 0 Å². The summed E-state index contributed by atoms with van der Waals surface area (Å²) in [4.78, 5) is 0. The fourth-order valence-corrected chi connectivity index (χ4v) is 1.26. The molecule has 0 saturated carbocycles. The second-order valence-electron chi connectivity index (χ2n) is 3.98. The number of rotatable bonds is 10. The van der Waals surface area contributed by atoms with E-state index in [9.17, 15) is 0 Å². The number of ether oxygens (including phenoxy) is 2. The molecular formula is C11H26N2O2. The molecule has 0 aromatic carbocycles. The van der Waals surface area contributed by atoms with Crippen molar-refractivity contribution in [1.29, 1.82) is 0 Å². The highest BCUT2D eigenvalue weighted by Gasteiger charge is 2.04. The smallest absolute Gasteiger partial charge is 0.0928 e. The van der Waals surface area contributed by atoms with Crippen LogP contribution in [0.2, 0.25) is 0 Å². The molecule has 2 N–H and O–H groups in total. The van der Waals surface area contributed by atoms with Gasteiger partial charge in [0.05, 0.1) is 12.7 Å². The van der Waals surface area contributed by atoms with Gasteiger partial charge in [-0.25, -0.2) is 0 Å². The Balaban J connectivity index is 3.21. The molecule has 0 saturated heterocycles. The lowest BCUT2D eigenvalue weighted by atomic mass is 10.3. The molecule has 1 atom stereocenters. The second kappa shape index (κ2) is 10.4. The molecule has 0 bridgehead atoms. The normalized spacial score (nSPS) is 13.4. The number of methoxy groups -OCH3 is 2. The number of hydrogen-bond donors (Lipinski definition) is 2. The van der Waals surface area contributed by atoms with E-state index >= 15 is 0 Å². The molecule has 0 fully saturated rings. The van der Waals surface area contributed by atoms with E-state index in [1.165, 1.54) is 0 Å². The molecule has 4 nitrogen and oxygen atoms in total. The number of hydrogen-bond acceptors (Lipinski definition) is 4. The van der Waals surface area contributed by atoms with Gasteiger partial charge in [0, 0.05) is 26.8 Å². The van der Waals surface area contributed by atoms with E-state index in [0.29, 0.717) is 12.6 Å². The molecule has 0 aliphatic heterocycles. The topological polar surface area (TPSA) is 42.5 Å².